The number of nitrogens with one attached hydrogen (secondary N) is 1. The summed E-state index contributed by atoms with van der Waals surface area (Å²) in [5, 5.41) is 12.4. The third-order valence-electron chi connectivity index (χ3n) is 2.89. The van der Waals surface area contributed by atoms with E-state index < -0.39 is 23.7 Å². The second kappa shape index (κ2) is 6.11. The lowest BCUT2D eigenvalue weighted by molar-refractivity contribution is -0.139. The Kier molecular flexibility index (Phi) is 4.39. The van der Waals surface area contributed by atoms with Crippen molar-refractivity contribution >= 4 is 29.0 Å². The Bertz CT molecular complexity index is 734. The van der Waals surface area contributed by atoms with Crippen LogP contribution in [0.15, 0.2) is 18.5 Å². The molecule has 0 bridgehead atoms. The Morgan fingerprint density at radius 1 is 1.48 bits per heavy atom. The minimum absolute atomic E-state index is 0.0193. The van der Waals surface area contributed by atoms with E-state index in [-0.39, 0.29) is 12.5 Å². The van der Waals surface area contributed by atoms with E-state index in [2.05, 4.69) is 15.3 Å². The first-order chi connectivity index (χ1) is 10.7. The molecule has 0 fully saturated rings. The molecule has 9 nitrogen and oxygen atoms in total. The SMILES string of the molecule is CC(C)(C)OC(=O)N[C@@H](Cn1ccc2cnc(N)nc21)C(=O)O. The standard InChI is InChI=1S/C14H19N5O4/c1-14(2,3)23-13(22)17-9(11(20)21)7-19-5-4-8-6-16-12(15)18-10(8)19/h4-6,9H,7H2,1-3H3,(H,17,22)(H,20,21)(H2,15,16,18)/t9-/m0/s1. The van der Waals surface area contributed by atoms with Gasteiger partial charge in [-0.3, -0.25) is 0 Å². The van der Waals surface area contributed by atoms with E-state index in [1.807, 2.05) is 0 Å². The molecule has 2 rings (SSSR count). The molecule has 1 atom stereocenters. The molecule has 0 aliphatic carbocycles. The van der Waals surface area contributed by atoms with Crippen molar-refractivity contribution in [2.24, 2.45) is 0 Å². The van der Waals surface area contributed by atoms with E-state index in [0.29, 0.717) is 5.65 Å². The fraction of sp³-hybridized carbons (Fsp3) is 0.429. The highest BCUT2D eigenvalue weighted by Gasteiger charge is 2.24. The van der Waals surface area contributed by atoms with Gasteiger partial charge in [0.25, 0.3) is 0 Å². The van der Waals surface area contributed by atoms with Crippen molar-refractivity contribution in [1.29, 1.82) is 0 Å². The van der Waals surface area contributed by atoms with Crippen molar-refractivity contribution in [2.45, 2.75) is 39.0 Å². The second-order valence-electron chi connectivity index (χ2n) is 6.01. The quantitative estimate of drug-likeness (QED) is 0.764. The van der Waals surface area contributed by atoms with Gasteiger partial charge in [0, 0.05) is 17.8 Å². The fourth-order valence-electron chi connectivity index (χ4n) is 1.96. The molecule has 2 aromatic heterocycles. The van der Waals surface area contributed by atoms with Crippen LogP contribution in [0.25, 0.3) is 11.0 Å². The van der Waals surface area contributed by atoms with Crippen LogP contribution in [0.5, 0.6) is 0 Å². The summed E-state index contributed by atoms with van der Waals surface area (Å²) in [6, 6.07) is 0.567. The van der Waals surface area contributed by atoms with Gasteiger partial charge in [0.1, 0.15) is 17.3 Å². The Hall–Kier alpha value is -2.84. The molecule has 0 saturated carbocycles. The lowest BCUT2D eigenvalue weighted by Crippen LogP contribution is -2.45. The van der Waals surface area contributed by atoms with Gasteiger partial charge in [-0.2, -0.15) is 4.98 Å². The number of hydrogen-bond acceptors (Lipinski definition) is 6. The minimum Gasteiger partial charge on any atom is -0.480 e. The molecule has 4 N–H and O–H groups in total. The van der Waals surface area contributed by atoms with E-state index >= 15 is 0 Å². The number of rotatable bonds is 4. The molecule has 1 amide bonds. The molecule has 0 aromatic carbocycles. The van der Waals surface area contributed by atoms with Crippen LogP contribution in [0.3, 0.4) is 0 Å². The molecule has 2 aromatic rings. The van der Waals surface area contributed by atoms with Crippen molar-refractivity contribution < 1.29 is 19.4 Å². The number of fused-ring (bicyclic) bond motifs is 1. The first-order valence-electron chi connectivity index (χ1n) is 6.95. The van der Waals surface area contributed by atoms with E-state index in [1.54, 1.807) is 43.8 Å². The monoisotopic (exact) mass is 321 g/mol. The molecular formula is C14H19N5O4. The number of nitrogens with zero attached hydrogens (tertiary/aromatic N) is 3. The molecule has 23 heavy (non-hydrogen) atoms. The Balaban J connectivity index is 2.17. The zero-order valence-corrected chi connectivity index (χ0v) is 13.1. The minimum atomic E-state index is -1.18. The first kappa shape index (κ1) is 16.5. The molecule has 0 aliphatic heterocycles. The summed E-state index contributed by atoms with van der Waals surface area (Å²) >= 11 is 0. The number of aromatic nitrogens is 3. The lowest BCUT2D eigenvalue weighted by atomic mass is 10.2. The maximum Gasteiger partial charge on any atom is 0.408 e. The van der Waals surface area contributed by atoms with Crippen LogP contribution in [0, 0.1) is 0 Å². The average Bonchev–Trinajstić information content (AvgIpc) is 2.78. The van der Waals surface area contributed by atoms with Crippen molar-refractivity contribution in [3.8, 4) is 0 Å². The predicted octanol–water partition coefficient (Wildman–Crippen LogP) is 0.991. The Labute approximate surface area is 132 Å². The Morgan fingerprint density at radius 3 is 2.78 bits per heavy atom. The number of amides is 1. The van der Waals surface area contributed by atoms with Gasteiger partial charge in [0.05, 0.1) is 6.54 Å². The molecule has 0 unspecified atom stereocenters. The number of aliphatic carboxylic acids is 1. The van der Waals surface area contributed by atoms with Gasteiger partial charge in [-0.15, -0.1) is 0 Å². The zero-order valence-electron chi connectivity index (χ0n) is 13.1. The highest BCUT2D eigenvalue weighted by Crippen LogP contribution is 2.14. The lowest BCUT2D eigenvalue weighted by Gasteiger charge is -2.22. The number of carboxylic acids is 1. The van der Waals surface area contributed by atoms with Crippen molar-refractivity contribution in [3.63, 3.8) is 0 Å². The third kappa shape index (κ3) is 4.31. The fourth-order valence-corrected chi connectivity index (χ4v) is 1.96. The summed E-state index contributed by atoms with van der Waals surface area (Å²) in [7, 11) is 0. The maximum atomic E-state index is 11.8. The predicted molar refractivity (Wildman–Crippen MR) is 82.7 cm³/mol. The molecule has 0 aliphatic rings. The number of carbonyl (C=O) groups is 2. The smallest absolute Gasteiger partial charge is 0.408 e. The summed E-state index contributed by atoms with van der Waals surface area (Å²) in [5.74, 6) is -1.09. The summed E-state index contributed by atoms with van der Waals surface area (Å²) in [6.45, 7) is 5.07. The highest BCUT2D eigenvalue weighted by molar-refractivity contribution is 5.81. The van der Waals surface area contributed by atoms with Crippen molar-refractivity contribution in [3.05, 3.63) is 18.5 Å². The summed E-state index contributed by atoms with van der Waals surface area (Å²) in [6.07, 6.45) is 2.41. The van der Waals surface area contributed by atoms with Gasteiger partial charge in [-0.25, -0.2) is 14.6 Å². The molecule has 0 spiro atoms. The molecule has 0 radical (unpaired) electrons. The average molecular weight is 321 g/mol. The third-order valence-corrected chi connectivity index (χ3v) is 2.89. The van der Waals surface area contributed by atoms with Crippen LogP contribution in [0.1, 0.15) is 20.8 Å². The summed E-state index contributed by atoms with van der Waals surface area (Å²) < 4.78 is 6.66. The topological polar surface area (TPSA) is 132 Å². The van der Waals surface area contributed by atoms with Gasteiger partial charge in [0.15, 0.2) is 0 Å². The van der Waals surface area contributed by atoms with E-state index in [9.17, 15) is 14.7 Å². The highest BCUT2D eigenvalue weighted by atomic mass is 16.6. The molecule has 9 heteroatoms. The molecule has 124 valence electrons. The number of nitrogens with two attached hydrogens (primary N) is 1. The maximum absolute atomic E-state index is 11.8. The number of alkyl carbamates (subject to hydrolysis) is 1. The van der Waals surface area contributed by atoms with Gasteiger partial charge >= 0.3 is 12.1 Å². The zero-order chi connectivity index (χ0) is 17.2. The second-order valence-corrected chi connectivity index (χ2v) is 6.01. The number of nitrogen functional groups attached to an aromatic ring is 1. The van der Waals surface area contributed by atoms with Crippen LogP contribution in [-0.4, -0.2) is 43.3 Å². The number of carboxylic acid groups (broad SMARTS) is 1. The molecule has 0 saturated heterocycles. The van der Waals surface area contributed by atoms with Crippen LogP contribution < -0.4 is 11.1 Å². The van der Waals surface area contributed by atoms with E-state index in [0.717, 1.165) is 5.39 Å². The number of carbonyl (C=O) groups excluding carboxylic acids is 1. The number of hydrogen-bond donors (Lipinski definition) is 3. The summed E-state index contributed by atoms with van der Waals surface area (Å²) in [5.41, 5.74) is 5.33. The van der Waals surface area contributed by atoms with Gasteiger partial charge in [-0.05, 0) is 26.8 Å². The van der Waals surface area contributed by atoms with Gasteiger partial charge in [-0.1, -0.05) is 0 Å². The summed E-state index contributed by atoms with van der Waals surface area (Å²) in [4.78, 5) is 31.1. The largest absolute Gasteiger partial charge is 0.480 e. The first-order valence-corrected chi connectivity index (χ1v) is 6.95. The van der Waals surface area contributed by atoms with Gasteiger partial charge in [0.2, 0.25) is 5.95 Å². The van der Waals surface area contributed by atoms with Crippen molar-refractivity contribution in [1.82, 2.24) is 19.9 Å². The van der Waals surface area contributed by atoms with Crippen LogP contribution in [0.4, 0.5) is 10.7 Å². The van der Waals surface area contributed by atoms with Crippen LogP contribution >= 0.6 is 0 Å². The number of anilines is 1. The van der Waals surface area contributed by atoms with Crippen LogP contribution in [-0.2, 0) is 16.1 Å². The van der Waals surface area contributed by atoms with Crippen LogP contribution in [0.2, 0.25) is 0 Å². The van der Waals surface area contributed by atoms with E-state index in [4.69, 9.17) is 10.5 Å². The molecule has 2 heterocycles. The Morgan fingerprint density at radius 2 is 2.17 bits per heavy atom. The normalized spacial score (nSPS) is 12.8. The van der Waals surface area contributed by atoms with E-state index in [1.165, 1.54) is 0 Å². The van der Waals surface area contributed by atoms with Crippen molar-refractivity contribution in [2.75, 3.05) is 5.73 Å². The molecular weight excluding hydrogens is 302 g/mol. The number of ether oxygens (including phenoxy) is 1. The van der Waals surface area contributed by atoms with Gasteiger partial charge < -0.3 is 25.5 Å².